The Bertz CT molecular complexity index is 578. The minimum Gasteiger partial charge on any atom is -0.314 e. The fourth-order valence-electron chi connectivity index (χ4n) is 1.92. The zero-order chi connectivity index (χ0) is 13.2. The van der Waals surface area contributed by atoms with Gasteiger partial charge in [0.15, 0.2) is 0 Å². The van der Waals surface area contributed by atoms with Gasteiger partial charge in [0.2, 0.25) is 0 Å². The summed E-state index contributed by atoms with van der Waals surface area (Å²) in [4.78, 5) is 0. The molecule has 1 aromatic heterocycles. The first kappa shape index (κ1) is 12.7. The van der Waals surface area contributed by atoms with E-state index in [9.17, 15) is 4.39 Å². The van der Waals surface area contributed by atoms with E-state index in [1.165, 1.54) is 18.9 Å². The van der Waals surface area contributed by atoms with E-state index in [1.807, 2.05) is 6.07 Å². The lowest BCUT2D eigenvalue weighted by Crippen LogP contribution is -2.19. The second kappa shape index (κ2) is 5.35. The minimum absolute atomic E-state index is 0.179. The van der Waals surface area contributed by atoms with Crippen LogP contribution in [-0.4, -0.2) is 22.8 Å². The normalized spacial score (nSPS) is 14.8. The van der Waals surface area contributed by atoms with Gasteiger partial charge >= 0.3 is 0 Å². The lowest BCUT2D eigenvalue weighted by atomic mass is 10.1. The molecule has 2 aromatic rings. The average molecular weight is 277 g/mol. The summed E-state index contributed by atoms with van der Waals surface area (Å²) in [7, 11) is 0. The summed E-state index contributed by atoms with van der Waals surface area (Å²) in [6.07, 6.45) is 3.51. The molecule has 0 amide bonds. The van der Waals surface area contributed by atoms with Gasteiger partial charge in [-0.25, -0.2) is 4.39 Å². The summed E-state index contributed by atoms with van der Waals surface area (Å²) in [5, 5.41) is 13.7. The van der Waals surface area contributed by atoms with Crippen LogP contribution < -0.4 is 5.32 Å². The van der Waals surface area contributed by atoms with Crippen LogP contribution >= 0.6 is 11.3 Å². The van der Waals surface area contributed by atoms with Crippen molar-refractivity contribution >= 4 is 11.3 Å². The van der Waals surface area contributed by atoms with Crippen molar-refractivity contribution in [3.8, 4) is 10.6 Å². The van der Waals surface area contributed by atoms with Gasteiger partial charge in [0, 0.05) is 24.6 Å². The first-order chi connectivity index (χ1) is 9.22. The molecule has 19 heavy (non-hydrogen) atoms. The van der Waals surface area contributed by atoms with E-state index in [4.69, 9.17) is 0 Å². The topological polar surface area (TPSA) is 37.8 Å². The van der Waals surface area contributed by atoms with Gasteiger partial charge in [-0.1, -0.05) is 11.3 Å². The van der Waals surface area contributed by atoms with Crippen LogP contribution in [0, 0.1) is 12.7 Å². The number of nitrogens with zero attached hydrogens (tertiary/aromatic N) is 2. The second-order valence-corrected chi connectivity index (χ2v) is 6.01. The largest absolute Gasteiger partial charge is 0.314 e. The molecule has 0 aliphatic heterocycles. The molecule has 0 spiro atoms. The fourth-order valence-corrected chi connectivity index (χ4v) is 2.76. The zero-order valence-corrected chi connectivity index (χ0v) is 11.6. The van der Waals surface area contributed by atoms with Crippen LogP contribution in [0.4, 0.5) is 4.39 Å². The highest BCUT2D eigenvalue weighted by Crippen LogP contribution is 2.25. The fraction of sp³-hybridized carbons (Fsp3) is 0.429. The molecule has 1 aliphatic rings. The van der Waals surface area contributed by atoms with Crippen molar-refractivity contribution in [2.45, 2.75) is 32.2 Å². The predicted octanol–water partition coefficient (Wildman–Crippen LogP) is 2.95. The van der Waals surface area contributed by atoms with Gasteiger partial charge in [-0.05, 0) is 43.5 Å². The highest BCUT2D eigenvalue weighted by Gasteiger charge is 2.19. The Labute approximate surface area is 115 Å². The number of nitrogens with one attached hydrogen (secondary N) is 1. The third-order valence-electron chi connectivity index (χ3n) is 3.22. The van der Waals surface area contributed by atoms with Crippen LogP contribution in [0.3, 0.4) is 0 Å². The van der Waals surface area contributed by atoms with Gasteiger partial charge in [-0.2, -0.15) is 0 Å². The monoisotopic (exact) mass is 277 g/mol. The lowest BCUT2D eigenvalue weighted by Gasteiger charge is -1.99. The van der Waals surface area contributed by atoms with Crippen molar-refractivity contribution in [1.29, 1.82) is 0 Å². The van der Waals surface area contributed by atoms with Crippen LogP contribution in [0.15, 0.2) is 18.2 Å². The molecule has 0 unspecified atom stereocenters. The third-order valence-corrected chi connectivity index (χ3v) is 4.25. The third kappa shape index (κ3) is 3.16. The molecule has 1 aromatic carbocycles. The summed E-state index contributed by atoms with van der Waals surface area (Å²) in [6, 6.07) is 5.80. The predicted molar refractivity (Wildman–Crippen MR) is 74.8 cm³/mol. The highest BCUT2D eigenvalue weighted by molar-refractivity contribution is 7.14. The Hall–Kier alpha value is -1.33. The molecular formula is C14H16FN3S. The van der Waals surface area contributed by atoms with E-state index in [-0.39, 0.29) is 5.82 Å². The molecule has 100 valence electrons. The summed E-state index contributed by atoms with van der Waals surface area (Å²) < 4.78 is 13.2. The molecule has 0 radical (unpaired) electrons. The number of hydrogen-bond acceptors (Lipinski definition) is 4. The van der Waals surface area contributed by atoms with E-state index in [2.05, 4.69) is 15.5 Å². The van der Waals surface area contributed by atoms with Crippen LogP contribution in [0.2, 0.25) is 0 Å². The van der Waals surface area contributed by atoms with E-state index in [1.54, 1.807) is 24.3 Å². The SMILES string of the molecule is Cc1cc(-c2nnc(CCNC3CC3)s2)ccc1F. The maximum atomic E-state index is 13.2. The van der Waals surface area contributed by atoms with E-state index in [0.29, 0.717) is 5.56 Å². The first-order valence-electron chi connectivity index (χ1n) is 6.54. The van der Waals surface area contributed by atoms with Crippen molar-refractivity contribution in [3.63, 3.8) is 0 Å². The van der Waals surface area contributed by atoms with Crippen LogP contribution in [0.1, 0.15) is 23.4 Å². The van der Waals surface area contributed by atoms with Gasteiger partial charge in [-0.3, -0.25) is 0 Å². The number of aryl methyl sites for hydroxylation is 1. The number of benzene rings is 1. The average Bonchev–Trinajstić information content (AvgIpc) is 3.10. The molecule has 5 heteroatoms. The lowest BCUT2D eigenvalue weighted by molar-refractivity contribution is 0.619. The molecule has 0 saturated heterocycles. The molecule has 3 nitrogen and oxygen atoms in total. The standard InChI is InChI=1S/C14H16FN3S/c1-9-8-10(2-5-12(9)15)14-18-17-13(19-14)6-7-16-11-3-4-11/h2,5,8,11,16H,3-4,6-7H2,1H3. The van der Waals surface area contributed by atoms with Crippen LogP contribution in [-0.2, 0) is 6.42 Å². The zero-order valence-electron chi connectivity index (χ0n) is 10.8. The van der Waals surface area contributed by atoms with E-state index >= 15 is 0 Å². The van der Waals surface area contributed by atoms with Crippen molar-refractivity contribution in [1.82, 2.24) is 15.5 Å². The minimum atomic E-state index is -0.179. The Kier molecular flexibility index (Phi) is 3.57. The van der Waals surface area contributed by atoms with E-state index in [0.717, 1.165) is 34.6 Å². The van der Waals surface area contributed by atoms with Crippen molar-refractivity contribution in [2.24, 2.45) is 0 Å². The molecule has 1 N–H and O–H groups in total. The van der Waals surface area contributed by atoms with Gasteiger partial charge in [-0.15, -0.1) is 10.2 Å². The molecule has 3 rings (SSSR count). The summed E-state index contributed by atoms with van der Waals surface area (Å²) in [6.45, 7) is 2.72. The van der Waals surface area contributed by atoms with E-state index < -0.39 is 0 Å². The maximum absolute atomic E-state index is 13.2. The highest BCUT2D eigenvalue weighted by atomic mass is 32.1. The van der Waals surface area contributed by atoms with Gasteiger partial charge in [0.05, 0.1) is 0 Å². The Balaban J connectivity index is 1.67. The second-order valence-electron chi connectivity index (χ2n) is 4.94. The van der Waals surface area contributed by atoms with Crippen molar-refractivity contribution in [3.05, 3.63) is 34.6 Å². The Morgan fingerprint density at radius 2 is 2.21 bits per heavy atom. The molecule has 1 aliphatic carbocycles. The molecule has 1 saturated carbocycles. The smallest absolute Gasteiger partial charge is 0.147 e. The number of aromatic nitrogens is 2. The summed E-state index contributed by atoms with van der Waals surface area (Å²) in [5.74, 6) is -0.179. The number of rotatable bonds is 5. The van der Waals surface area contributed by atoms with Crippen molar-refractivity contribution < 1.29 is 4.39 Å². The van der Waals surface area contributed by atoms with Gasteiger partial charge in [0.1, 0.15) is 15.8 Å². The Morgan fingerprint density at radius 1 is 1.37 bits per heavy atom. The maximum Gasteiger partial charge on any atom is 0.147 e. The summed E-state index contributed by atoms with van der Waals surface area (Å²) in [5.41, 5.74) is 1.59. The molecule has 1 fully saturated rings. The summed E-state index contributed by atoms with van der Waals surface area (Å²) >= 11 is 1.59. The number of halogens is 1. The molecule has 0 bridgehead atoms. The van der Waals surface area contributed by atoms with Crippen molar-refractivity contribution in [2.75, 3.05) is 6.54 Å². The van der Waals surface area contributed by atoms with Crippen LogP contribution in [0.25, 0.3) is 10.6 Å². The first-order valence-corrected chi connectivity index (χ1v) is 7.36. The number of hydrogen-bond donors (Lipinski definition) is 1. The van der Waals surface area contributed by atoms with Gasteiger partial charge < -0.3 is 5.32 Å². The molecular weight excluding hydrogens is 261 g/mol. The molecule has 1 heterocycles. The quantitative estimate of drug-likeness (QED) is 0.913. The van der Waals surface area contributed by atoms with Crippen LogP contribution in [0.5, 0.6) is 0 Å². The van der Waals surface area contributed by atoms with Gasteiger partial charge in [0.25, 0.3) is 0 Å². The Morgan fingerprint density at radius 3 is 2.95 bits per heavy atom. The molecule has 0 atom stereocenters.